The molecule has 3 rings (SSSR count). The van der Waals surface area contributed by atoms with Crippen molar-refractivity contribution in [2.75, 3.05) is 13.1 Å². The van der Waals surface area contributed by atoms with E-state index in [0.29, 0.717) is 0 Å². The van der Waals surface area contributed by atoms with Gasteiger partial charge < -0.3 is 9.88 Å². The molecule has 3 heteroatoms. The van der Waals surface area contributed by atoms with Crippen molar-refractivity contribution in [3.8, 4) is 0 Å². The molecule has 1 aromatic heterocycles. The molecule has 2 aromatic rings. The van der Waals surface area contributed by atoms with E-state index in [1.165, 1.54) is 42.5 Å². The van der Waals surface area contributed by atoms with E-state index < -0.39 is 0 Å². The van der Waals surface area contributed by atoms with Gasteiger partial charge in [0.25, 0.3) is 0 Å². The zero-order valence-corrected chi connectivity index (χ0v) is 12.3. The standard InChI is InChI=1S/C15H19BrN2/c1-11-3-2-7-18(11)8-6-14-10-12-9-13(16)4-5-15(12)17-14/h4-5,9-11,17H,2-3,6-8H2,1H3. The third kappa shape index (κ3) is 2.47. The number of halogens is 1. The Morgan fingerprint density at radius 1 is 1.39 bits per heavy atom. The van der Waals surface area contributed by atoms with Gasteiger partial charge in [0.15, 0.2) is 0 Å². The molecule has 96 valence electrons. The molecule has 1 N–H and O–H groups in total. The lowest BCUT2D eigenvalue weighted by molar-refractivity contribution is 0.271. The van der Waals surface area contributed by atoms with Crippen LogP contribution in [0.15, 0.2) is 28.7 Å². The maximum absolute atomic E-state index is 3.52. The molecular weight excluding hydrogens is 288 g/mol. The van der Waals surface area contributed by atoms with Gasteiger partial charge in [0.2, 0.25) is 0 Å². The fourth-order valence-electron chi connectivity index (χ4n) is 2.89. The van der Waals surface area contributed by atoms with Crippen molar-refractivity contribution in [1.29, 1.82) is 0 Å². The van der Waals surface area contributed by atoms with E-state index in [1.807, 2.05) is 0 Å². The minimum absolute atomic E-state index is 0.767. The maximum Gasteiger partial charge on any atom is 0.0456 e. The highest BCUT2D eigenvalue weighted by atomic mass is 79.9. The first-order valence-electron chi connectivity index (χ1n) is 6.73. The third-order valence-corrected chi connectivity index (χ3v) is 4.49. The highest BCUT2D eigenvalue weighted by molar-refractivity contribution is 9.10. The Labute approximate surface area is 116 Å². The fourth-order valence-corrected chi connectivity index (χ4v) is 3.27. The van der Waals surface area contributed by atoms with Crippen molar-refractivity contribution in [2.24, 2.45) is 0 Å². The van der Waals surface area contributed by atoms with Crippen molar-refractivity contribution in [1.82, 2.24) is 9.88 Å². The summed E-state index contributed by atoms with van der Waals surface area (Å²) in [6, 6.07) is 9.45. The molecule has 0 amide bonds. The minimum atomic E-state index is 0.767. The summed E-state index contributed by atoms with van der Waals surface area (Å²) in [6.07, 6.45) is 3.84. The molecule has 0 saturated carbocycles. The summed E-state index contributed by atoms with van der Waals surface area (Å²) in [6.45, 7) is 4.79. The predicted molar refractivity (Wildman–Crippen MR) is 80.0 cm³/mol. The van der Waals surface area contributed by atoms with Gasteiger partial charge in [-0.2, -0.15) is 0 Å². The molecule has 1 aliphatic heterocycles. The Balaban J connectivity index is 1.71. The summed E-state index contributed by atoms with van der Waals surface area (Å²) in [7, 11) is 0. The average molecular weight is 307 g/mol. The zero-order valence-electron chi connectivity index (χ0n) is 10.7. The maximum atomic E-state index is 3.52. The number of hydrogen-bond donors (Lipinski definition) is 1. The number of fused-ring (bicyclic) bond motifs is 1. The van der Waals surface area contributed by atoms with Crippen LogP contribution in [0.2, 0.25) is 0 Å². The van der Waals surface area contributed by atoms with E-state index in [-0.39, 0.29) is 0 Å². The average Bonchev–Trinajstić information content (AvgIpc) is 2.92. The van der Waals surface area contributed by atoms with Crippen LogP contribution in [0, 0.1) is 0 Å². The smallest absolute Gasteiger partial charge is 0.0456 e. The van der Waals surface area contributed by atoms with Crippen LogP contribution >= 0.6 is 15.9 Å². The van der Waals surface area contributed by atoms with Crippen molar-refractivity contribution in [3.63, 3.8) is 0 Å². The lowest BCUT2D eigenvalue weighted by atomic mass is 10.2. The van der Waals surface area contributed by atoms with Crippen LogP contribution in [0.4, 0.5) is 0 Å². The van der Waals surface area contributed by atoms with Gasteiger partial charge in [-0.15, -0.1) is 0 Å². The summed E-state index contributed by atoms with van der Waals surface area (Å²) < 4.78 is 1.15. The first-order valence-corrected chi connectivity index (χ1v) is 7.53. The van der Waals surface area contributed by atoms with E-state index >= 15 is 0 Å². The second kappa shape index (κ2) is 5.06. The van der Waals surface area contributed by atoms with E-state index in [1.54, 1.807) is 0 Å². The summed E-state index contributed by atoms with van der Waals surface area (Å²) >= 11 is 3.52. The normalized spacial score (nSPS) is 20.9. The van der Waals surface area contributed by atoms with Crippen LogP contribution < -0.4 is 0 Å². The second-order valence-electron chi connectivity index (χ2n) is 5.30. The zero-order chi connectivity index (χ0) is 12.5. The summed E-state index contributed by atoms with van der Waals surface area (Å²) in [5.74, 6) is 0. The monoisotopic (exact) mass is 306 g/mol. The van der Waals surface area contributed by atoms with E-state index in [4.69, 9.17) is 0 Å². The molecule has 0 bridgehead atoms. The van der Waals surface area contributed by atoms with Crippen molar-refractivity contribution in [2.45, 2.75) is 32.2 Å². The molecule has 0 spiro atoms. The topological polar surface area (TPSA) is 19.0 Å². The molecule has 1 unspecified atom stereocenters. The van der Waals surface area contributed by atoms with Gasteiger partial charge in [-0.05, 0) is 50.6 Å². The molecule has 1 atom stereocenters. The van der Waals surface area contributed by atoms with Gasteiger partial charge in [-0.1, -0.05) is 15.9 Å². The van der Waals surface area contributed by atoms with Crippen LogP contribution in [0.25, 0.3) is 10.9 Å². The second-order valence-corrected chi connectivity index (χ2v) is 6.22. The van der Waals surface area contributed by atoms with Gasteiger partial charge in [-0.25, -0.2) is 0 Å². The number of aromatic amines is 1. The van der Waals surface area contributed by atoms with Crippen molar-refractivity contribution < 1.29 is 0 Å². The Bertz CT molecular complexity index is 546. The van der Waals surface area contributed by atoms with Crippen LogP contribution in [0.3, 0.4) is 0 Å². The minimum Gasteiger partial charge on any atom is -0.358 e. The van der Waals surface area contributed by atoms with Gasteiger partial charge in [-0.3, -0.25) is 0 Å². The third-order valence-electron chi connectivity index (χ3n) is 4.00. The molecule has 1 saturated heterocycles. The number of hydrogen-bond acceptors (Lipinski definition) is 1. The lowest BCUT2D eigenvalue weighted by Crippen LogP contribution is -2.29. The van der Waals surface area contributed by atoms with E-state index in [9.17, 15) is 0 Å². The van der Waals surface area contributed by atoms with E-state index in [0.717, 1.165) is 16.9 Å². The molecular formula is C15H19BrN2. The number of benzene rings is 1. The highest BCUT2D eigenvalue weighted by Crippen LogP contribution is 2.22. The largest absolute Gasteiger partial charge is 0.358 e. The Kier molecular flexibility index (Phi) is 3.44. The number of nitrogens with one attached hydrogen (secondary N) is 1. The number of aromatic nitrogens is 1. The first kappa shape index (κ1) is 12.2. The summed E-state index contributed by atoms with van der Waals surface area (Å²) in [5.41, 5.74) is 2.59. The van der Waals surface area contributed by atoms with Gasteiger partial charge in [0, 0.05) is 40.1 Å². The van der Waals surface area contributed by atoms with Gasteiger partial charge in [0.05, 0.1) is 0 Å². The molecule has 2 nitrogen and oxygen atoms in total. The molecule has 1 aromatic carbocycles. The Morgan fingerprint density at radius 2 is 2.28 bits per heavy atom. The molecule has 1 aliphatic rings. The van der Waals surface area contributed by atoms with E-state index in [2.05, 4.69) is 57.0 Å². The fraction of sp³-hybridized carbons (Fsp3) is 0.467. The molecule has 18 heavy (non-hydrogen) atoms. The van der Waals surface area contributed by atoms with Crippen molar-refractivity contribution in [3.05, 3.63) is 34.4 Å². The number of likely N-dealkylation sites (tertiary alicyclic amines) is 1. The molecule has 1 fully saturated rings. The Morgan fingerprint density at radius 3 is 3.06 bits per heavy atom. The number of rotatable bonds is 3. The predicted octanol–water partition coefficient (Wildman–Crippen LogP) is 3.96. The van der Waals surface area contributed by atoms with Crippen LogP contribution in [-0.2, 0) is 6.42 Å². The van der Waals surface area contributed by atoms with Crippen LogP contribution in [0.1, 0.15) is 25.5 Å². The molecule has 0 aliphatic carbocycles. The molecule has 2 heterocycles. The highest BCUT2D eigenvalue weighted by Gasteiger charge is 2.19. The van der Waals surface area contributed by atoms with Crippen LogP contribution in [0.5, 0.6) is 0 Å². The number of H-pyrrole nitrogens is 1. The Hall–Kier alpha value is -0.800. The number of nitrogens with zero attached hydrogens (tertiary/aromatic N) is 1. The van der Waals surface area contributed by atoms with Gasteiger partial charge in [0.1, 0.15) is 0 Å². The summed E-state index contributed by atoms with van der Waals surface area (Å²) in [5, 5.41) is 1.30. The lowest BCUT2D eigenvalue weighted by Gasteiger charge is -2.20. The first-order chi connectivity index (χ1) is 8.72. The quantitative estimate of drug-likeness (QED) is 0.909. The SMILES string of the molecule is CC1CCCN1CCc1cc2cc(Br)ccc2[nH]1. The van der Waals surface area contributed by atoms with Crippen LogP contribution in [-0.4, -0.2) is 29.0 Å². The van der Waals surface area contributed by atoms with Crippen molar-refractivity contribution >= 4 is 26.8 Å². The van der Waals surface area contributed by atoms with Gasteiger partial charge >= 0.3 is 0 Å². The molecule has 0 radical (unpaired) electrons. The summed E-state index contributed by atoms with van der Waals surface area (Å²) in [4.78, 5) is 6.11.